The summed E-state index contributed by atoms with van der Waals surface area (Å²) in [5, 5.41) is 16.7. The Balaban J connectivity index is 1.51. The zero-order chi connectivity index (χ0) is 22.8. The van der Waals surface area contributed by atoms with Crippen LogP contribution in [0.1, 0.15) is 22.8 Å². The van der Waals surface area contributed by atoms with Crippen molar-refractivity contribution in [3.05, 3.63) is 35.5 Å². The molecule has 1 aromatic carbocycles. The molecular formula is C23H24N6O4. The van der Waals surface area contributed by atoms with Gasteiger partial charge in [-0.05, 0) is 19.1 Å². The van der Waals surface area contributed by atoms with Crippen LogP contribution >= 0.6 is 0 Å². The lowest BCUT2D eigenvalue weighted by Crippen LogP contribution is -2.41. The molecule has 1 amide bonds. The van der Waals surface area contributed by atoms with Gasteiger partial charge in [-0.25, -0.2) is 4.98 Å². The first kappa shape index (κ1) is 20.9. The third-order valence-electron chi connectivity index (χ3n) is 5.61. The Kier molecular flexibility index (Phi) is 5.62. The highest BCUT2D eigenvalue weighted by molar-refractivity contribution is 6.00. The second-order valence-corrected chi connectivity index (χ2v) is 7.67. The number of morpholine rings is 1. The zero-order valence-electron chi connectivity index (χ0n) is 18.2. The Bertz CT molecular complexity index is 1240. The maximum atomic E-state index is 13.1. The summed E-state index contributed by atoms with van der Waals surface area (Å²) in [5.41, 5.74) is 3.03. The molecule has 0 spiro atoms. The minimum Gasteiger partial charge on any atom is -0.485 e. The van der Waals surface area contributed by atoms with E-state index >= 15 is 0 Å². The molecule has 10 nitrogen and oxygen atoms in total. The van der Waals surface area contributed by atoms with Crippen LogP contribution in [0.15, 0.2) is 24.4 Å². The molecule has 0 aliphatic carbocycles. The van der Waals surface area contributed by atoms with E-state index in [0.29, 0.717) is 85.8 Å². The van der Waals surface area contributed by atoms with Gasteiger partial charge in [-0.3, -0.25) is 4.79 Å². The number of aromatic nitrogens is 2. The number of ether oxygens (including phenoxy) is 3. The average molecular weight is 448 g/mol. The Hall–Kier alpha value is -3.97. The molecule has 2 aromatic heterocycles. The van der Waals surface area contributed by atoms with Crippen molar-refractivity contribution in [3.63, 3.8) is 0 Å². The van der Waals surface area contributed by atoms with E-state index in [4.69, 9.17) is 14.2 Å². The number of benzene rings is 1. The molecule has 1 saturated heterocycles. The molecule has 4 heterocycles. The number of H-pyrrole nitrogens is 1. The Morgan fingerprint density at radius 3 is 2.73 bits per heavy atom. The highest BCUT2D eigenvalue weighted by Crippen LogP contribution is 2.42. The first-order chi connectivity index (χ1) is 16.2. The van der Waals surface area contributed by atoms with Crippen molar-refractivity contribution in [1.29, 1.82) is 5.26 Å². The smallest absolute Gasteiger partial charge is 0.257 e. The van der Waals surface area contributed by atoms with E-state index in [1.165, 1.54) is 0 Å². The normalized spacial score (nSPS) is 15.2. The first-order valence-corrected chi connectivity index (χ1v) is 10.9. The van der Waals surface area contributed by atoms with Crippen LogP contribution in [0, 0.1) is 11.3 Å². The van der Waals surface area contributed by atoms with Crippen LogP contribution in [-0.4, -0.2) is 66.8 Å². The van der Waals surface area contributed by atoms with Crippen molar-refractivity contribution in [2.24, 2.45) is 0 Å². The highest BCUT2D eigenvalue weighted by Gasteiger charge is 2.28. The molecule has 5 rings (SSSR count). The summed E-state index contributed by atoms with van der Waals surface area (Å²) in [4.78, 5) is 22.5. The van der Waals surface area contributed by atoms with Crippen LogP contribution in [0.3, 0.4) is 0 Å². The van der Waals surface area contributed by atoms with Crippen LogP contribution in [0.4, 0.5) is 17.2 Å². The van der Waals surface area contributed by atoms with Crippen LogP contribution in [0.5, 0.6) is 11.5 Å². The Morgan fingerprint density at radius 2 is 1.97 bits per heavy atom. The fourth-order valence-electron chi connectivity index (χ4n) is 4.10. The lowest BCUT2D eigenvalue weighted by molar-refractivity contribution is 0.0298. The number of hydrogen-bond donors (Lipinski definition) is 3. The second kappa shape index (κ2) is 8.88. The highest BCUT2D eigenvalue weighted by atomic mass is 16.6. The molecule has 0 saturated carbocycles. The third kappa shape index (κ3) is 3.87. The summed E-state index contributed by atoms with van der Waals surface area (Å²) < 4.78 is 17.1. The van der Waals surface area contributed by atoms with Crippen LogP contribution in [-0.2, 0) is 4.74 Å². The van der Waals surface area contributed by atoms with E-state index in [1.54, 1.807) is 23.2 Å². The summed E-state index contributed by atoms with van der Waals surface area (Å²) in [6.07, 6.45) is 1.65. The van der Waals surface area contributed by atoms with Crippen LogP contribution < -0.4 is 20.1 Å². The maximum absolute atomic E-state index is 13.1. The molecule has 2 aliphatic heterocycles. The number of fused-ring (bicyclic) bond motifs is 2. The number of nitriles is 1. The zero-order valence-corrected chi connectivity index (χ0v) is 18.2. The van der Waals surface area contributed by atoms with Gasteiger partial charge in [0.05, 0.1) is 41.1 Å². The minimum atomic E-state index is -0.101. The summed E-state index contributed by atoms with van der Waals surface area (Å²) in [7, 11) is 0. The van der Waals surface area contributed by atoms with E-state index in [2.05, 4.69) is 26.7 Å². The minimum absolute atomic E-state index is 0.101. The largest absolute Gasteiger partial charge is 0.485 e. The molecule has 33 heavy (non-hydrogen) atoms. The monoisotopic (exact) mass is 448 g/mol. The number of hydrogen-bond acceptors (Lipinski definition) is 8. The topological polar surface area (TPSA) is 125 Å². The van der Waals surface area contributed by atoms with Gasteiger partial charge in [0.25, 0.3) is 5.91 Å². The van der Waals surface area contributed by atoms with Crippen molar-refractivity contribution >= 4 is 34.1 Å². The van der Waals surface area contributed by atoms with Crippen LogP contribution in [0.2, 0.25) is 0 Å². The van der Waals surface area contributed by atoms with Gasteiger partial charge in [-0.15, -0.1) is 0 Å². The quantitative estimate of drug-likeness (QED) is 0.544. The van der Waals surface area contributed by atoms with Crippen molar-refractivity contribution in [2.75, 3.05) is 56.7 Å². The van der Waals surface area contributed by atoms with Gasteiger partial charge in [-0.1, -0.05) is 0 Å². The van der Waals surface area contributed by atoms with Gasteiger partial charge < -0.3 is 34.7 Å². The van der Waals surface area contributed by atoms with E-state index in [0.717, 1.165) is 11.1 Å². The molecular weight excluding hydrogens is 424 g/mol. The average Bonchev–Trinajstić information content (AvgIpc) is 3.28. The van der Waals surface area contributed by atoms with Gasteiger partial charge in [0.1, 0.15) is 30.7 Å². The van der Waals surface area contributed by atoms with Gasteiger partial charge in [-0.2, -0.15) is 5.26 Å². The summed E-state index contributed by atoms with van der Waals surface area (Å²) in [5.74, 6) is 1.38. The van der Waals surface area contributed by atoms with E-state index in [-0.39, 0.29) is 5.91 Å². The SMILES string of the molecule is CCNc1cc(Nc2ccc(C(=O)N3CCOCC3)c3c2OCCO3)nc2[nH]cc(C#N)c12. The van der Waals surface area contributed by atoms with Gasteiger partial charge >= 0.3 is 0 Å². The fourth-order valence-corrected chi connectivity index (χ4v) is 4.10. The molecule has 170 valence electrons. The molecule has 2 aliphatic rings. The van der Waals surface area contributed by atoms with Crippen LogP contribution in [0.25, 0.3) is 11.0 Å². The summed E-state index contributed by atoms with van der Waals surface area (Å²) in [6.45, 7) is 5.59. The summed E-state index contributed by atoms with van der Waals surface area (Å²) in [6, 6.07) is 7.59. The number of carbonyl (C=O) groups excluding carboxylic acids is 1. The number of aromatic amines is 1. The number of nitrogens with one attached hydrogen (secondary N) is 3. The van der Waals surface area contributed by atoms with E-state index in [9.17, 15) is 10.1 Å². The maximum Gasteiger partial charge on any atom is 0.257 e. The molecule has 3 N–H and O–H groups in total. The molecule has 0 bridgehead atoms. The van der Waals surface area contributed by atoms with Gasteiger partial charge in [0, 0.05) is 31.9 Å². The third-order valence-corrected chi connectivity index (χ3v) is 5.61. The molecule has 0 unspecified atom stereocenters. The molecule has 0 radical (unpaired) electrons. The predicted octanol–water partition coefficient (Wildman–Crippen LogP) is 2.85. The predicted molar refractivity (Wildman–Crippen MR) is 122 cm³/mol. The molecule has 0 atom stereocenters. The van der Waals surface area contributed by atoms with Gasteiger partial charge in [0.15, 0.2) is 11.5 Å². The van der Waals surface area contributed by atoms with Crippen molar-refractivity contribution in [1.82, 2.24) is 14.9 Å². The Labute approximate surface area is 190 Å². The van der Waals surface area contributed by atoms with Crippen molar-refractivity contribution < 1.29 is 19.0 Å². The number of rotatable bonds is 5. The lowest BCUT2D eigenvalue weighted by Gasteiger charge is -2.29. The number of amides is 1. The van der Waals surface area contributed by atoms with Crippen molar-refractivity contribution in [2.45, 2.75) is 6.92 Å². The molecule has 3 aromatic rings. The summed E-state index contributed by atoms with van der Waals surface area (Å²) >= 11 is 0. The molecule has 10 heteroatoms. The number of anilines is 3. The first-order valence-electron chi connectivity index (χ1n) is 10.9. The van der Waals surface area contributed by atoms with Crippen molar-refractivity contribution in [3.8, 4) is 17.6 Å². The number of pyridine rings is 1. The Morgan fingerprint density at radius 1 is 1.18 bits per heavy atom. The fraction of sp³-hybridized carbons (Fsp3) is 0.348. The van der Waals surface area contributed by atoms with E-state index < -0.39 is 0 Å². The number of nitrogens with zero attached hydrogens (tertiary/aromatic N) is 3. The molecule has 1 fully saturated rings. The lowest BCUT2D eigenvalue weighted by atomic mass is 10.1. The van der Waals surface area contributed by atoms with Gasteiger partial charge in [0.2, 0.25) is 0 Å². The number of carbonyl (C=O) groups is 1. The second-order valence-electron chi connectivity index (χ2n) is 7.67. The van der Waals surface area contributed by atoms with E-state index in [1.807, 2.05) is 13.0 Å². The standard InChI is InChI=1S/C23H24N6O4/c1-2-25-17-11-18(28-22-19(17)14(12-24)13-26-22)27-16-4-3-15(20-21(16)33-10-9-32-20)23(30)29-5-7-31-8-6-29/h3-4,11,13H,2,5-10H2,1H3,(H3,25,26,27,28).